The lowest BCUT2D eigenvalue weighted by Crippen LogP contribution is -1.75. The van der Waals surface area contributed by atoms with Crippen LogP contribution >= 0.6 is 12.2 Å². The maximum absolute atomic E-state index is 8.59. The second-order valence-electron chi connectivity index (χ2n) is 2.35. The van der Waals surface area contributed by atoms with Gasteiger partial charge in [-0.1, -0.05) is 30.4 Å². The third-order valence-electron chi connectivity index (χ3n) is 1.51. The van der Waals surface area contributed by atoms with Crippen LogP contribution in [0.3, 0.4) is 0 Å². The number of hydrogen-bond donors (Lipinski definition) is 1. The van der Waals surface area contributed by atoms with E-state index in [0.29, 0.717) is 0 Å². The highest BCUT2D eigenvalue weighted by Gasteiger charge is 1.93. The molecule has 0 heterocycles. The van der Waals surface area contributed by atoms with E-state index < -0.39 is 0 Å². The average Bonchev–Trinajstić information content (AvgIpc) is 2.17. The fraction of sp³-hybridized carbons (Fsp3) is 0.100. The lowest BCUT2D eigenvalue weighted by Gasteiger charge is -1.96. The molecule has 1 rings (SSSR count). The van der Waals surface area contributed by atoms with Crippen LogP contribution in [0.2, 0.25) is 0 Å². The van der Waals surface area contributed by atoms with Crippen LogP contribution in [0.5, 0.6) is 0 Å². The van der Waals surface area contributed by atoms with Crippen LogP contribution in [-0.2, 0) is 0 Å². The number of aliphatic hydroxyl groups excluding tert-OH is 1. The molecule has 3 heteroatoms. The minimum atomic E-state index is 0.0235. The molecule has 0 saturated carbocycles. The molecule has 1 N–H and O–H groups in total. The first-order chi connectivity index (χ1) is 6.38. The molecule has 66 valence electrons. The Balaban J connectivity index is 3.04. The molecule has 2 nitrogen and oxygen atoms in total. The van der Waals surface area contributed by atoms with E-state index in [9.17, 15) is 0 Å². The zero-order valence-corrected chi connectivity index (χ0v) is 7.79. The topological polar surface area (TPSA) is 32.6 Å². The van der Waals surface area contributed by atoms with E-state index in [1.807, 2.05) is 24.3 Å². The van der Waals surface area contributed by atoms with Crippen LogP contribution in [0.1, 0.15) is 5.56 Å². The number of rotatable bonds is 3. The van der Waals surface area contributed by atoms with Gasteiger partial charge in [0.25, 0.3) is 0 Å². The molecule has 0 aromatic heterocycles. The van der Waals surface area contributed by atoms with Crippen molar-refractivity contribution in [2.45, 2.75) is 0 Å². The molecule has 0 saturated heterocycles. The summed E-state index contributed by atoms with van der Waals surface area (Å²) in [6, 6.07) is 7.52. The van der Waals surface area contributed by atoms with Gasteiger partial charge < -0.3 is 5.11 Å². The Morgan fingerprint density at radius 2 is 2.23 bits per heavy atom. The van der Waals surface area contributed by atoms with Crippen molar-refractivity contribution < 1.29 is 5.11 Å². The van der Waals surface area contributed by atoms with Crippen LogP contribution in [0.4, 0.5) is 5.69 Å². The molecule has 0 spiro atoms. The van der Waals surface area contributed by atoms with Crippen LogP contribution in [0.25, 0.3) is 6.08 Å². The molecule has 1 aromatic carbocycles. The highest BCUT2D eigenvalue weighted by Crippen LogP contribution is 2.18. The quantitative estimate of drug-likeness (QED) is 0.588. The summed E-state index contributed by atoms with van der Waals surface area (Å²) in [4.78, 5) is 3.89. The smallest absolute Gasteiger partial charge is 0.0811 e. The fourth-order valence-electron chi connectivity index (χ4n) is 0.959. The monoisotopic (exact) mass is 191 g/mol. The second-order valence-corrected chi connectivity index (χ2v) is 2.53. The van der Waals surface area contributed by atoms with Gasteiger partial charge in [0, 0.05) is 5.56 Å². The van der Waals surface area contributed by atoms with Crippen molar-refractivity contribution in [2.75, 3.05) is 6.61 Å². The highest BCUT2D eigenvalue weighted by molar-refractivity contribution is 7.78. The predicted molar refractivity (Wildman–Crippen MR) is 57.2 cm³/mol. The summed E-state index contributed by atoms with van der Waals surface area (Å²) in [5.41, 5.74) is 1.69. The number of para-hydroxylation sites is 1. The van der Waals surface area contributed by atoms with Crippen molar-refractivity contribution in [3.63, 3.8) is 0 Å². The maximum Gasteiger partial charge on any atom is 0.0811 e. The Labute approximate surface area is 82.2 Å². The molecule has 0 atom stereocenters. The molecule has 0 aliphatic carbocycles. The third kappa shape index (κ3) is 2.92. The summed E-state index contributed by atoms with van der Waals surface area (Å²) in [5.74, 6) is 0. The number of hydrogen-bond acceptors (Lipinski definition) is 3. The summed E-state index contributed by atoms with van der Waals surface area (Å²) >= 11 is 4.52. The normalized spacial score (nSPS) is 9.92. The van der Waals surface area contributed by atoms with Crippen molar-refractivity contribution in [1.82, 2.24) is 0 Å². The molecule has 1 aromatic rings. The van der Waals surface area contributed by atoms with Crippen LogP contribution in [-0.4, -0.2) is 16.9 Å². The lowest BCUT2D eigenvalue weighted by molar-refractivity contribution is 0.343. The van der Waals surface area contributed by atoms with Crippen LogP contribution in [0.15, 0.2) is 35.3 Å². The maximum atomic E-state index is 8.59. The van der Waals surface area contributed by atoms with Crippen molar-refractivity contribution in [3.05, 3.63) is 35.9 Å². The summed E-state index contributed by atoms with van der Waals surface area (Å²) in [5, 5.41) is 10.9. The largest absolute Gasteiger partial charge is 0.392 e. The molecule has 13 heavy (non-hydrogen) atoms. The summed E-state index contributed by atoms with van der Waals surface area (Å²) in [6.45, 7) is 0.0235. The van der Waals surface area contributed by atoms with Gasteiger partial charge in [-0.3, -0.25) is 0 Å². The number of thiocarbonyl (C=S) groups is 1. The molecule has 0 unspecified atom stereocenters. The van der Waals surface area contributed by atoms with Gasteiger partial charge in [0.2, 0.25) is 0 Å². The molecule has 0 radical (unpaired) electrons. The van der Waals surface area contributed by atoms with Gasteiger partial charge in [-0.2, -0.15) is 4.99 Å². The van der Waals surface area contributed by atoms with Gasteiger partial charge >= 0.3 is 0 Å². The first-order valence-corrected chi connectivity index (χ1v) is 4.23. The second kappa shape index (κ2) is 5.38. The fourth-order valence-corrected chi connectivity index (χ4v) is 1.06. The molecule has 0 bridgehead atoms. The molecule has 0 aliphatic heterocycles. The van der Waals surface area contributed by atoms with Gasteiger partial charge in [-0.25, -0.2) is 0 Å². The molecular formula is C10H9NOS. The number of nitrogens with zero attached hydrogens (tertiary/aromatic N) is 1. The Morgan fingerprint density at radius 3 is 2.92 bits per heavy atom. The number of aliphatic imine (C=N–C) groups is 1. The summed E-state index contributed by atoms with van der Waals surface area (Å²) in [6.07, 6.45) is 3.45. The zero-order valence-electron chi connectivity index (χ0n) is 6.97. The van der Waals surface area contributed by atoms with Gasteiger partial charge in [0.05, 0.1) is 17.5 Å². The van der Waals surface area contributed by atoms with Crippen LogP contribution < -0.4 is 0 Å². The minimum absolute atomic E-state index is 0.0235. The molecule has 0 aliphatic rings. The standard InChI is InChI=1S/C10H9NOS/c12-7-3-5-9-4-1-2-6-10(9)11-8-13/h1-6,12H,7H2. The Bertz CT molecular complexity index is 354. The zero-order chi connectivity index (χ0) is 9.52. The van der Waals surface area contributed by atoms with E-state index in [1.54, 1.807) is 12.2 Å². The number of isothiocyanates is 1. The van der Waals surface area contributed by atoms with Gasteiger partial charge in [0.1, 0.15) is 0 Å². The first-order valence-electron chi connectivity index (χ1n) is 3.83. The van der Waals surface area contributed by atoms with Gasteiger partial charge in [-0.05, 0) is 18.3 Å². The number of benzene rings is 1. The molecule has 0 amide bonds. The summed E-state index contributed by atoms with van der Waals surface area (Å²) in [7, 11) is 0. The predicted octanol–water partition coefficient (Wildman–Crippen LogP) is 2.43. The van der Waals surface area contributed by atoms with E-state index in [2.05, 4.69) is 22.4 Å². The van der Waals surface area contributed by atoms with Crippen LogP contribution in [0, 0.1) is 0 Å². The van der Waals surface area contributed by atoms with E-state index >= 15 is 0 Å². The SMILES string of the molecule is OCC=Cc1ccccc1N=C=S. The summed E-state index contributed by atoms with van der Waals surface area (Å²) < 4.78 is 0. The minimum Gasteiger partial charge on any atom is -0.392 e. The van der Waals surface area contributed by atoms with Crippen molar-refractivity contribution in [3.8, 4) is 0 Å². The van der Waals surface area contributed by atoms with Gasteiger partial charge in [0.15, 0.2) is 0 Å². The first kappa shape index (κ1) is 9.81. The van der Waals surface area contributed by atoms with Crippen molar-refractivity contribution in [2.24, 2.45) is 4.99 Å². The van der Waals surface area contributed by atoms with E-state index in [4.69, 9.17) is 5.11 Å². The van der Waals surface area contributed by atoms with Gasteiger partial charge in [-0.15, -0.1) is 0 Å². The number of aliphatic hydroxyl groups is 1. The lowest BCUT2D eigenvalue weighted by atomic mass is 10.1. The molecular weight excluding hydrogens is 182 g/mol. The Morgan fingerprint density at radius 1 is 1.46 bits per heavy atom. The van der Waals surface area contributed by atoms with E-state index in [0.717, 1.165) is 11.3 Å². The highest BCUT2D eigenvalue weighted by atomic mass is 32.1. The molecule has 0 fully saturated rings. The van der Waals surface area contributed by atoms with Crippen molar-refractivity contribution >= 4 is 29.1 Å². The Hall–Kier alpha value is -1.28. The van der Waals surface area contributed by atoms with Crippen molar-refractivity contribution in [1.29, 1.82) is 0 Å². The average molecular weight is 191 g/mol. The third-order valence-corrected chi connectivity index (χ3v) is 1.60. The van der Waals surface area contributed by atoms with E-state index in [1.165, 1.54) is 0 Å². The Kier molecular flexibility index (Phi) is 4.06. The van der Waals surface area contributed by atoms with E-state index in [-0.39, 0.29) is 6.61 Å².